The van der Waals surface area contributed by atoms with Crippen LogP contribution in [-0.2, 0) is 4.74 Å². The Labute approximate surface area is 184 Å². The number of aryl methyl sites for hydroxylation is 1. The molecule has 0 bridgehead atoms. The third kappa shape index (κ3) is 4.05. The minimum atomic E-state index is -0.400. The maximum Gasteiger partial charge on any atom is 0.417 e. The molecule has 2 aliphatic rings. The Morgan fingerprint density at radius 2 is 1.97 bits per heavy atom. The molecule has 0 radical (unpaired) electrons. The van der Waals surface area contributed by atoms with Gasteiger partial charge in [0, 0.05) is 16.9 Å². The standard InChI is InChI=1S/C21H22ClN7O2/c1-12(17-9-28(11-23-17)16-7-5-15(22)6-8-16)24-19-25-13(2)26-20(27-19)29-18(14-3-4-14)10-31-21(29)30/h5-9,11-12,14,18H,3-4,10H2,1-2H3,(H,24,25,26,27)/t12-,18+/m0/s1. The van der Waals surface area contributed by atoms with E-state index >= 15 is 0 Å². The summed E-state index contributed by atoms with van der Waals surface area (Å²) in [5, 5.41) is 3.96. The molecule has 1 aliphatic carbocycles. The van der Waals surface area contributed by atoms with E-state index in [2.05, 4.69) is 25.3 Å². The van der Waals surface area contributed by atoms with Crippen LogP contribution in [0.25, 0.3) is 5.69 Å². The van der Waals surface area contributed by atoms with E-state index in [4.69, 9.17) is 16.3 Å². The van der Waals surface area contributed by atoms with Crippen LogP contribution in [0.5, 0.6) is 0 Å². The molecule has 9 nitrogen and oxygen atoms in total. The Morgan fingerprint density at radius 1 is 1.19 bits per heavy atom. The summed E-state index contributed by atoms with van der Waals surface area (Å²) < 4.78 is 7.19. The van der Waals surface area contributed by atoms with Crippen LogP contribution < -0.4 is 10.2 Å². The van der Waals surface area contributed by atoms with Gasteiger partial charge in [-0.2, -0.15) is 15.0 Å². The van der Waals surface area contributed by atoms with E-state index in [0.717, 1.165) is 24.2 Å². The number of hydrogen-bond donors (Lipinski definition) is 1. The van der Waals surface area contributed by atoms with Gasteiger partial charge in [-0.05, 0) is 56.9 Å². The fraction of sp³-hybridized carbons (Fsp3) is 0.381. The van der Waals surface area contributed by atoms with E-state index in [1.165, 1.54) is 0 Å². The molecular weight excluding hydrogens is 418 g/mol. The second-order valence-corrected chi connectivity index (χ2v) is 8.34. The number of carbonyl (C=O) groups is 1. The first-order valence-electron chi connectivity index (χ1n) is 10.2. The Bertz CT molecular complexity index is 1110. The van der Waals surface area contributed by atoms with Crippen LogP contribution in [0.3, 0.4) is 0 Å². The highest BCUT2D eigenvalue weighted by Gasteiger charge is 2.45. The van der Waals surface area contributed by atoms with Crippen molar-refractivity contribution < 1.29 is 9.53 Å². The fourth-order valence-corrected chi connectivity index (χ4v) is 3.84. The van der Waals surface area contributed by atoms with Crippen LogP contribution >= 0.6 is 11.6 Å². The molecule has 31 heavy (non-hydrogen) atoms. The summed E-state index contributed by atoms with van der Waals surface area (Å²) in [6.45, 7) is 4.14. The van der Waals surface area contributed by atoms with Crippen molar-refractivity contribution in [2.24, 2.45) is 5.92 Å². The maximum atomic E-state index is 12.3. The number of carbonyl (C=O) groups excluding carboxylic acids is 1. The van der Waals surface area contributed by atoms with Gasteiger partial charge in [-0.1, -0.05) is 11.6 Å². The number of imidazole rings is 1. The van der Waals surface area contributed by atoms with Gasteiger partial charge in [0.1, 0.15) is 12.4 Å². The van der Waals surface area contributed by atoms with Gasteiger partial charge in [-0.25, -0.2) is 14.7 Å². The minimum absolute atomic E-state index is 0.00496. The van der Waals surface area contributed by atoms with Crippen LogP contribution in [-0.4, -0.2) is 43.2 Å². The lowest BCUT2D eigenvalue weighted by Gasteiger charge is -2.20. The molecule has 1 aromatic carbocycles. The summed E-state index contributed by atoms with van der Waals surface area (Å²) in [4.78, 5) is 31.7. The molecule has 1 N–H and O–H groups in total. The molecule has 1 aliphatic heterocycles. The molecule has 2 atom stereocenters. The number of halogens is 1. The van der Waals surface area contributed by atoms with Gasteiger partial charge in [0.15, 0.2) is 0 Å². The van der Waals surface area contributed by atoms with Crippen molar-refractivity contribution in [3.05, 3.63) is 53.3 Å². The quantitative estimate of drug-likeness (QED) is 0.621. The lowest BCUT2D eigenvalue weighted by Crippen LogP contribution is -2.36. The van der Waals surface area contributed by atoms with Gasteiger partial charge >= 0.3 is 6.09 Å². The average molecular weight is 440 g/mol. The van der Waals surface area contributed by atoms with Crippen LogP contribution in [0.1, 0.15) is 37.3 Å². The molecule has 3 heterocycles. The van der Waals surface area contributed by atoms with Crippen LogP contribution in [0, 0.1) is 12.8 Å². The van der Waals surface area contributed by atoms with Gasteiger partial charge < -0.3 is 14.6 Å². The number of rotatable bonds is 6. The average Bonchev–Trinajstić information content (AvgIpc) is 3.32. The molecule has 5 rings (SSSR count). The molecule has 1 amide bonds. The molecule has 10 heteroatoms. The number of nitrogens with zero attached hydrogens (tertiary/aromatic N) is 6. The lowest BCUT2D eigenvalue weighted by atomic mass is 10.2. The summed E-state index contributed by atoms with van der Waals surface area (Å²) in [6.07, 6.45) is 5.49. The Kier molecular flexibility index (Phi) is 4.97. The maximum absolute atomic E-state index is 12.3. The molecule has 1 saturated heterocycles. The molecule has 1 saturated carbocycles. The number of hydrogen-bond acceptors (Lipinski definition) is 7. The van der Waals surface area contributed by atoms with E-state index < -0.39 is 6.09 Å². The Hall–Kier alpha value is -3.20. The number of nitrogens with one attached hydrogen (secondary N) is 1. The van der Waals surface area contributed by atoms with E-state index in [0.29, 0.717) is 35.3 Å². The van der Waals surface area contributed by atoms with E-state index in [1.807, 2.05) is 42.0 Å². The molecule has 2 fully saturated rings. The zero-order chi connectivity index (χ0) is 21.5. The van der Waals surface area contributed by atoms with Gasteiger partial charge in [-0.15, -0.1) is 0 Å². The number of aromatic nitrogens is 5. The third-order valence-electron chi connectivity index (χ3n) is 5.54. The minimum Gasteiger partial charge on any atom is -0.447 e. The topological polar surface area (TPSA) is 98.1 Å². The predicted octanol–water partition coefficient (Wildman–Crippen LogP) is 3.93. The first-order valence-corrected chi connectivity index (χ1v) is 10.6. The van der Waals surface area contributed by atoms with Crippen molar-refractivity contribution in [1.29, 1.82) is 0 Å². The highest BCUT2D eigenvalue weighted by Crippen LogP contribution is 2.39. The monoisotopic (exact) mass is 439 g/mol. The largest absolute Gasteiger partial charge is 0.447 e. The molecule has 0 unspecified atom stereocenters. The van der Waals surface area contributed by atoms with Crippen LogP contribution in [0.15, 0.2) is 36.8 Å². The molecular formula is C21H22ClN7O2. The lowest BCUT2D eigenvalue weighted by molar-refractivity contribution is 0.178. The van der Waals surface area contributed by atoms with Crippen molar-refractivity contribution in [3.8, 4) is 5.69 Å². The van der Waals surface area contributed by atoms with E-state index in [9.17, 15) is 4.79 Å². The van der Waals surface area contributed by atoms with Crippen molar-refractivity contribution in [3.63, 3.8) is 0 Å². The summed E-state index contributed by atoms with van der Waals surface area (Å²) >= 11 is 5.97. The SMILES string of the molecule is Cc1nc(N[C@@H](C)c2cn(-c3ccc(Cl)cc3)cn2)nc(N2C(=O)OC[C@@H]2C2CC2)n1. The zero-order valence-electron chi connectivity index (χ0n) is 17.2. The Balaban J connectivity index is 1.35. The second kappa shape index (κ2) is 7.81. The highest BCUT2D eigenvalue weighted by atomic mass is 35.5. The van der Waals surface area contributed by atoms with Crippen molar-refractivity contribution in [1.82, 2.24) is 24.5 Å². The highest BCUT2D eigenvalue weighted by molar-refractivity contribution is 6.30. The number of cyclic esters (lactones) is 1. The second-order valence-electron chi connectivity index (χ2n) is 7.91. The molecule has 160 valence electrons. The number of ether oxygens (including phenoxy) is 1. The van der Waals surface area contributed by atoms with Gasteiger partial charge in [0.05, 0.1) is 24.1 Å². The molecule has 0 spiro atoms. The summed E-state index contributed by atoms with van der Waals surface area (Å²) in [7, 11) is 0. The third-order valence-corrected chi connectivity index (χ3v) is 5.79. The fourth-order valence-electron chi connectivity index (χ4n) is 3.72. The number of anilines is 2. The van der Waals surface area contributed by atoms with Gasteiger partial charge in [0.25, 0.3) is 0 Å². The number of benzene rings is 1. The summed E-state index contributed by atoms with van der Waals surface area (Å²) in [5.41, 5.74) is 1.79. The molecule has 3 aromatic rings. The van der Waals surface area contributed by atoms with Gasteiger partial charge in [-0.3, -0.25) is 0 Å². The first-order chi connectivity index (χ1) is 15.0. The normalized spacial score (nSPS) is 19.4. The van der Waals surface area contributed by atoms with Crippen molar-refractivity contribution in [2.75, 3.05) is 16.8 Å². The predicted molar refractivity (Wildman–Crippen MR) is 116 cm³/mol. The van der Waals surface area contributed by atoms with Gasteiger partial charge in [0.2, 0.25) is 11.9 Å². The summed E-state index contributed by atoms with van der Waals surface area (Å²) in [6, 6.07) is 7.37. The summed E-state index contributed by atoms with van der Waals surface area (Å²) in [5.74, 6) is 1.70. The Morgan fingerprint density at radius 3 is 2.71 bits per heavy atom. The van der Waals surface area contributed by atoms with Crippen LogP contribution in [0.4, 0.5) is 16.7 Å². The molecule has 2 aromatic heterocycles. The van der Waals surface area contributed by atoms with E-state index in [-0.39, 0.29) is 12.1 Å². The smallest absolute Gasteiger partial charge is 0.417 e. The van der Waals surface area contributed by atoms with Crippen molar-refractivity contribution >= 4 is 29.6 Å². The van der Waals surface area contributed by atoms with Crippen LogP contribution in [0.2, 0.25) is 5.02 Å². The first kappa shape index (κ1) is 19.7. The number of amides is 1. The van der Waals surface area contributed by atoms with E-state index in [1.54, 1.807) is 18.2 Å². The zero-order valence-corrected chi connectivity index (χ0v) is 18.0. The van der Waals surface area contributed by atoms with Crippen molar-refractivity contribution in [2.45, 2.75) is 38.8 Å².